The molecule has 2 aromatic heterocycles. The van der Waals surface area contributed by atoms with E-state index in [1.807, 2.05) is 42.7 Å². The molecule has 0 saturated carbocycles. The predicted molar refractivity (Wildman–Crippen MR) is 121 cm³/mol. The summed E-state index contributed by atoms with van der Waals surface area (Å²) in [5, 5.41) is 13.9. The minimum atomic E-state index is -3.82. The first-order valence-corrected chi connectivity index (χ1v) is 11.1. The van der Waals surface area contributed by atoms with Crippen molar-refractivity contribution in [3.05, 3.63) is 59.9 Å². The molecular formula is C21H23N7O2S. The van der Waals surface area contributed by atoms with Gasteiger partial charge in [0.05, 0.1) is 10.4 Å². The second-order valence-electron chi connectivity index (χ2n) is 7.36. The van der Waals surface area contributed by atoms with Crippen LogP contribution in [0, 0.1) is 13.8 Å². The minimum absolute atomic E-state index is 0.0610. The number of fused-ring (bicyclic) bond motifs is 1. The Morgan fingerprint density at radius 3 is 2.61 bits per heavy atom. The summed E-state index contributed by atoms with van der Waals surface area (Å²) in [5.41, 5.74) is 4.08. The fourth-order valence-electron chi connectivity index (χ4n) is 3.36. The van der Waals surface area contributed by atoms with Crippen molar-refractivity contribution in [2.24, 2.45) is 12.2 Å². The van der Waals surface area contributed by atoms with Gasteiger partial charge >= 0.3 is 0 Å². The SMILES string of the molecule is Cc1ccc(Nc2nccc(N(C)c3ccc4nn(C)c(C)c4c3)n2)cc1S(N)(=O)=O. The van der Waals surface area contributed by atoms with Crippen molar-refractivity contribution in [3.63, 3.8) is 0 Å². The number of hydrogen-bond acceptors (Lipinski definition) is 7. The fraction of sp³-hybridized carbons (Fsp3) is 0.190. The van der Waals surface area contributed by atoms with Gasteiger partial charge in [-0.25, -0.2) is 18.5 Å². The Morgan fingerprint density at radius 2 is 1.87 bits per heavy atom. The van der Waals surface area contributed by atoms with E-state index in [1.54, 1.807) is 31.3 Å². The topological polar surface area (TPSA) is 119 Å². The molecule has 0 radical (unpaired) electrons. The van der Waals surface area contributed by atoms with E-state index >= 15 is 0 Å². The van der Waals surface area contributed by atoms with Crippen LogP contribution in [-0.4, -0.2) is 35.2 Å². The Bertz CT molecular complexity index is 1400. The quantitative estimate of drug-likeness (QED) is 0.492. The van der Waals surface area contributed by atoms with Crippen LogP contribution in [0.25, 0.3) is 10.9 Å². The van der Waals surface area contributed by atoms with Crippen LogP contribution in [0.1, 0.15) is 11.3 Å². The lowest BCUT2D eigenvalue weighted by molar-refractivity contribution is 0.597. The molecule has 0 aliphatic carbocycles. The second-order valence-corrected chi connectivity index (χ2v) is 8.89. The normalized spacial score (nSPS) is 11.6. The maximum atomic E-state index is 11.8. The monoisotopic (exact) mass is 437 g/mol. The van der Waals surface area contributed by atoms with Crippen LogP contribution >= 0.6 is 0 Å². The van der Waals surface area contributed by atoms with Gasteiger partial charge in [0.15, 0.2) is 0 Å². The lowest BCUT2D eigenvalue weighted by Gasteiger charge is -2.19. The number of aryl methyl sites for hydroxylation is 3. The van der Waals surface area contributed by atoms with E-state index < -0.39 is 10.0 Å². The Kier molecular flexibility index (Phi) is 5.11. The number of rotatable bonds is 5. The molecule has 0 unspecified atom stereocenters. The van der Waals surface area contributed by atoms with Crippen LogP contribution < -0.4 is 15.4 Å². The van der Waals surface area contributed by atoms with E-state index in [-0.39, 0.29) is 4.90 Å². The molecule has 0 aliphatic rings. The molecule has 4 rings (SSSR count). The molecule has 0 spiro atoms. The van der Waals surface area contributed by atoms with Crippen molar-refractivity contribution in [3.8, 4) is 0 Å². The van der Waals surface area contributed by atoms with Gasteiger partial charge in [0.25, 0.3) is 0 Å². The molecule has 160 valence electrons. The lowest BCUT2D eigenvalue weighted by atomic mass is 10.2. The predicted octanol–water partition coefficient (Wildman–Crippen LogP) is 3.14. The van der Waals surface area contributed by atoms with E-state index in [9.17, 15) is 8.42 Å². The van der Waals surface area contributed by atoms with Crippen LogP contribution in [0.2, 0.25) is 0 Å². The van der Waals surface area contributed by atoms with Crippen molar-refractivity contribution in [1.29, 1.82) is 0 Å². The molecule has 3 N–H and O–H groups in total. The molecule has 0 saturated heterocycles. The highest BCUT2D eigenvalue weighted by Gasteiger charge is 2.14. The summed E-state index contributed by atoms with van der Waals surface area (Å²) in [6.07, 6.45) is 1.64. The molecule has 0 aliphatic heterocycles. The Balaban J connectivity index is 1.64. The molecule has 2 heterocycles. The minimum Gasteiger partial charge on any atom is -0.329 e. The van der Waals surface area contributed by atoms with Crippen molar-refractivity contribution in [1.82, 2.24) is 19.7 Å². The van der Waals surface area contributed by atoms with Crippen molar-refractivity contribution < 1.29 is 8.42 Å². The van der Waals surface area contributed by atoms with Gasteiger partial charge in [-0.3, -0.25) is 4.68 Å². The number of anilines is 4. The highest BCUT2D eigenvalue weighted by molar-refractivity contribution is 7.89. The summed E-state index contributed by atoms with van der Waals surface area (Å²) < 4.78 is 25.4. The number of benzene rings is 2. The van der Waals surface area contributed by atoms with Gasteiger partial charge in [0.2, 0.25) is 16.0 Å². The van der Waals surface area contributed by atoms with Gasteiger partial charge in [0, 0.05) is 42.7 Å². The summed E-state index contributed by atoms with van der Waals surface area (Å²) in [7, 11) is 0.0231. The van der Waals surface area contributed by atoms with Gasteiger partial charge in [-0.1, -0.05) is 6.07 Å². The van der Waals surface area contributed by atoms with Crippen LogP contribution in [0.3, 0.4) is 0 Å². The van der Waals surface area contributed by atoms with Crippen molar-refractivity contribution in [2.75, 3.05) is 17.3 Å². The van der Waals surface area contributed by atoms with Crippen LogP contribution in [0.15, 0.2) is 53.6 Å². The van der Waals surface area contributed by atoms with Gasteiger partial charge in [-0.05, 0) is 55.8 Å². The number of nitrogens with one attached hydrogen (secondary N) is 1. The molecule has 2 aromatic carbocycles. The number of aromatic nitrogens is 4. The first-order valence-electron chi connectivity index (χ1n) is 9.54. The van der Waals surface area contributed by atoms with Gasteiger partial charge in [-0.2, -0.15) is 10.1 Å². The lowest BCUT2D eigenvalue weighted by Crippen LogP contribution is -2.14. The third-order valence-electron chi connectivity index (χ3n) is 5.24. The standard InChI is InChI=1S/C21H23N7O2S/c1-13-5-6-15(11-19(13)31(22,29)30)24-21-23-10-9-20(25-21)27(3)16-7-8-18-17(12-16)14(2)28(4)26-18/h5-12H,1-4H3,(H2,22,29,30)(H,23,24,25). The molecular weight excluding hydrogens is 414 g/mol. The summed E-state index contributed by atoms with van der Waals surface area (Å²) in [5.74, 6) is 1.02. The Morgan fingerprint density at radius 1 is 1.10 bits per heavy atom. The largest absolute Gasteiger partial charge is 0.329 e. The average Bonchev–Trinajstić information content (AvgIpc) is 3.01. The molecule has 10 heteroatoms. The molecule has 9 nitrogen and oxygen atoms in total. The molecule has 4 aromatic rings. The third-order valence-corrected chi connectivity index (χ3v) is 6.29. The van der Waals surface area contributed by atoms with E-state index in [2.05, 4.69) is 26.4 Å². The molecule has 31 heavy (non-hydrogen) atoms. The van der Waals surface area contributed by atoms with Crippen LogP contribution in [-0.2, 0) is 17.1 Å². The first kappa shape index (κ1) is 20.8. The number of nitrogens with zero attached hydrogens (tertiary/aromatic N) is 5. The summed E-state index contributed by atoms with van der Waals surface area (Å²) >= 11 is 0. The highest BCUT2D eigenvalue weighted by atomic mass is 32.2. The van der Waals surface area contributed by atoms with Crippen molar-refractivity contribution in [2.45, 2.75) is 18.7 Å². The summed E-state index contributed by atoms with van der Waals surface area (Å²) in [4.78, 5) is 10.8. The first-order chi connectivity index (χ1) is 14.6. The van der Waals surface area contributed by atoms with E-state index in [0.717, 1.165) is 22.3 Å². The number of nitrogens with two attached hydrogens (primary N) is 1. The summed E-state index contributed by atoms with van der Waals surface area (Å²) in [6, 6.07) is 12.8. The highest BCUT2D eigenvalue weighted by Crippen LogP contribution is 2.28. The average molecular weight is 438 g/mol. The maximum absolute atomic E-state index is 11.8. The van der Waals surface area contributed by atoms with E-state index in [1.165, 1.54) is 6.07 Å². The maximum Gasteiger partial charge on any atom is 0.238 e. The molecule has 0 fully saturated rings. The van der Waals surface area contributed by atoms with Gasteiger partial charge in [-0.15, -0.1) is 0 Å². The van der Waals surface area contributed by atoms with Crippen molar-refractivity contribution >= 4 is 44.1 Å². The molecule has 0 bridgehead atoms. The van der Waals surface area contributed by atoms with Crippen LogP contribution in [0.5, 0.6) is 0 Å². The molecule has 0 atom stereocenters. The number of hydrogen-bond donors (Lipinski definition) is 2. The summed E-state index contributed by atoms with van der Waals surface area (Å²) in [6.45, 7) is 3.72. The smallest absolute Gasteiger partial charge is 0.238 e. The number of primary sulfonamides is 1. The fourth-order valence-corrected chi connectivity index (χ4v) is 4.17. The Labute approximate surface area is 180 Å². The van der Waals surface area contributed by atoms with E-state index in [4.69, 9.17) is 5.14 Å². The zero-order chi connectivity index (χ0) is 22.3. The Hall–Kier alpha value is -3.50. The molecule has 0 amide bonds. The zero-order valence-corrected chi connectivity index (χ0v) is 18.5. The number of sulfonamides is 1. The van der Waals surface area contributed by atoms with Gasteiger partial charge < -0.3 is 10.2 Å². The third kappa shape index (κ3) is 4.07. The van der Waals surface area contributed by atoms with Crippen LogP contribution in [0.4, 0.5) is 23.1 Å². The van der Waals surface area contributed by atoms with Gasteiger partial charge in [0.1, 0.15) is 5.82 Å². The van der Waals surface area contributed by atoms with E-state index in [0.29, 0.717) is 23.0 Å². The zero-order valence-electron chi connectivity index (χ0n) is 17.7. The second kappa shape index (κ2) is 7.64.